The van der Waals surface area contributed by atoms with Crippen molar-refractivity contribution in [2.24, 2.45) is 0 Å². The van der Waals surface area contributed by atoms with Gasteiger partial charge in [-0.05, 0) is 32.0 Å². The third-order valence-electron chi connectivity index (χ3n) is 3.21. The predicted octanol–water partition coefficient (Wildman–Crippen LogP) is 0.422. The zero-order chi connectivity index (χ0) is 14.8. The molecule has 110 valence electrons. The monoisotopic (exact) mass is 298 g/mol. The molecule has 0 bridgehead atoms. The van der Waals surface area contributed by atoms with Crippen molar-refractivity contribution in [2.75, 3.05) is 20.2 Å². The summed E-state index contributed by atoms with van der Waals surface area (Å²) in [4.78, 5) is 11.7. The minimum atomic E-state index is -3.74. The van der Waals surface area contributed by atoms with E-state index in [4.69, 9.17) is 0 Å². The van der Waals surface area contributed by atoms with E-state index in [1.165, 1.54) is 19.2 Å². The van der Waals surface area contributed by atoms with E-state index in [2.05, 4.69) is 14.8 Å². The van der Waals surface area contributed by atoms with Gasteiger partial charge in [-0.1, -0.05) is 11.6 Å². The third kappa shape index (κ3) is 3.17. The molecule has 2 N–H and O–H groups in total. The Morgan fingerprint density at radius 3 is 2.80 bits per heavy atom. The van der Waals surface area contributed by atoms with Crippen molar-refractivity contribution in [3.8, 4) is 0 Å². The maximum absolute atomic E-state index is 12.4. The van der Waals surface area contributed by atoms with Crippen LogP contribution in [-0.4, -0.2) is 40.6 Å². The Kier molecular flexibility index (Phi) is 4.42. The molecule has 2 rings (SSSR count). The molecule has 1 atom stereocenters. The molecule has 1 saturated heterocycles. The second-order valence-corrected chi connectivity index (χ2v) is 6.48. The third-order valence-corrected chi connectivity index (χ3v) is 4.79. The topological polar surface area (TPSA) is 84.5 Å². The van der Waals surface area contributed by atoms with Crippen LogP contribution in [0.25, 0.3) is 0 Å². The fraction of sp³-hybridized carbons (Fsp3) is 0.462. The van der Waals surface area contributed by atoms with Crippen molar-refractivity contribution in [3.63, 3.8) is 0 Å². The van der Waals surface area contributed by atoms with Crippen molar-refractivity contribution in [1.29, 1.82) is 0 Å². The molecule has 1 aliphatic rings. The predicted molar refractivity (Wildman–Crippen MR) is 74.1 cm³/mol. The van der Waals surface area contributed by atoms with E-state index in [1.807, 2.05) is 0 Å². The Balaban J connectivity index is 2.37. The Morgan fingerprint density at radius 2 is 2.20 bits per heavy atom. The highest BCUT2D eigenvalue weighted by atomic mass is 32.2. The van der Waals surface area contributed by atoms with E-state index >= 15 is 0 Å². The summed E-state index contributed by atoms with van der Waals surface area (Å²) in [6.45, 7) is 3.17. The highest BCUT2D eigenvalue weighted by molar-refractivity contribution is 7.89. The number of hydrogen-bond acceptors (Lipinski definition) is 5. The van der Waals surface area contributed by atoms with Gasteiger partial charge in [-0.3, -0.25) is 0 Å². The molecule has 0 amide bonds. The molecule has 1 aromatic rings. The number of ether oxygens (including phenoxy) is 1. The molecule has 0 radical (unpaired) electrons. The molecule has 0 saturated carbocycles. The van der Waals surface area contributed by atoms with E-state index in [0.29, 0.717) is 6.54 Å². The van der Waals surface area contributed by atoms with Gasteiger partial charge in [0.15, 0.2) is 0 Å². The molecule has 1 unspecified atom stereocenters. The van der Waals surface area contributed by atoms with Crippen LogP contribution < -0.4 is 10.0 Å². The molecule has 1 aliphatic heterocycles. The van der Waals surface area contributed by atoms with Crippen molar-refractivity contribution in [3.05, 3.63) is 29.3 Å². The lowest BCUT2D eigenvalue weighted by Gasteiger charge is -2.14. The molecule has 0 aromatic heterocycles. The molecule has 0 spiro atoms. The summed E-state index contributed by atoms with van der Waals surface area (Å²) in [5.41, 5.74) is 0.859. The normalized spacial score (nSPS) is 19.0. The van der Waals surface area contributed by atoms with Gasteiger partial charge in [-0.25, -0.2) is 17.9 Å². The summed E-state index contributed by atoms with van der Waals surface area (Å²) in [7, 11) is -2.51. The lowest BCUT2D eigenvalue weighted by Crippen LogP contribution is -2.36. The summed E-state index contributed by atoms with van der Waals surface area (Å²) in [5, 5.41) is 3.09. The van der Waals surface area contributed by atoms with Crippen LogP contribution in [0.2, 0.25) is 0 Å². The zero-order valence-electron chi connectivity index (χ0n) is 11.5. The fourth-order valence-electron chi connectivity index (χ4n) is 2.19. The van der Waals surface area contributed by atoms with Crippen molar-refractivity contribution in [1.82, 2.24) is 10.0 Å². The van der Waals surface area contributed by atoms with Crippen molar-refractivity contribution >= 4 is 16.0 Å². The van der Waals surface area contributed by atoms with Gasteiger partial charge >= 0.3 is 5.97 Å². The summed E-state index contributed by atoms with van der Waals surface area (Å²) >= 11 is 0. The van der Waals surface area contributed by atoms with Gasteiger partial charge in [0.1, 0.15) is 0 Å². The van der Waals surface area contributed by atoms with Gasteiger partial charge in [-0.2, -0.15) is 0 Å². The second-order valence-electron chi connectivity index (χ2n) is 4.80. The molecule has 7 heteroatoms. The van der Waals surface area contributed by atoms with Crippen LogP contribution in [-0.2, 0) is 14.8 Å². The highest BCUT2D eigenvalue weighted by Gasteiger charge is 2.27. The molecule has 6 nitrogen and oxygen atoms in total. The minimum Gasteiger partial charge on any atom is -0.465 e. The first kappa shape index (κ1) is 15.0. The number of rotatable bonds is 4. The lowest BCUT2D eigenvalue weighted by molar-refractivity contribution is 0.0596. The van der Waals surface area contributed by atoms with Gasteiger partial charge in [0.05, 0.1) is 17.6 Å². The Morgan fingerprint density at radius 1 is 1.45 bits per heavy atom. The Hall–Kier alpha value is -1.44. The van der Waals surface area contributed by atoms with Crippen LogP contribution in [0.3, 0.4) is 0 Å². The molecule has 1 fully saturated rings. The fourth-order valence-corrected chi connectivity index (χ4v) is 3.63. The summed E-state index contributed by atoms with van der Waals surface area (Å²) < 4.78 is 32.1. The van der Waals surface area contributed by atoms with Crippen LogP contribution in [0, 0.1) is 6.92 Å². The quantitative estimate of drug-likeness (QED) is 0.787. The van der Waals surface area contributed by atoms with Gasteiger partial charge in [0, 0.05) is 12.6 Å². The number of nitrogens with one attached hydrogen (secondary N) is 2. The van der Waals surface area contributed by atoms with Crippen LogP contribution >= 0.6 is 0 Å². The van der Waals surface area contributed by atoms with Crippen LogP contribution in [0.1, 0.15) is 22.3 Å². The van der Waals surface area contributed by atoms with E-state index < -0.39 is 16.0 Å². The SMILES string of the molecule is COC(=O)c1cc(C)ccc1S(=O)(=O)NC1CCNC1. The molecule has 20 heavy (non-hydrogen) atoms. The Labute approximate surface area is 118 Å². The van der Waals surface area contributed by atoms with Gasteiger partial charge in [0.25, 0.3) is 0 Å². The number of benzene rings is 1. The summed E-state index contributed by atoms with van der Waals surface area (Å²) in [6.07, 6.45) is 0.735. The first-order valence-electron chi connectivity index (χ1n) is 6.36. The van der Waals surface area contributed by atoms with Crippen LogP contribution in [0.15, 0.2) is 23.1 Å². The first-order chi connectivity index (χ1) is 9.44. The molecular weight excluding hydrogens is 280 g/mol. The van der Waals surface area contributed by atoms with Gasteiger partial charge in [0.2, 0.25) is 10.0 Å². The maximum atomic E-state index is 12.4. The van der Waals surface area contributed by atoms with Crippen molar-refractivity contribution < 1.29 is 17.9 Å². The average Bonchev–Trinajstić information content (AvgIpc) is 2.89. The highest BCUT2D eigenvalue weighted by Crippen LogP contribution is 2.19. The lowest BCUT2D eigenvalue weighted by atomic mass is 10.1. The molecule has 1 heterocycles. The van der Waals surface area contributed by atoms with Crippen LogP contribution in [0.5, 0.6) is 0 Å². The Bertz CT molecular complexity index is 607. The number of hydrogen-bond donors (Lipinski definition) is 2. The maximum Gasteiger partial charge on any atom is 0.339 e. The second kappa shape index (κ2) is 5.90. The van der Waals surface area contributed by atoms with Crippen molar-refractivity contribution in [2.45, 2.75) is 24.3 Å². The number of methoxy groups -OCH3 is 1. The smallest absolute Gasteiger partial charge is 0.339 e. The number of esters is 1. The zero-order valence-corrected chi connectivity index (χ0v) is 12.3. The van der Waals surface area contributed by atoms with Gasteiger partial charge < -0.3 is 10.1 Å². The summed E-state index contributed by atoms with van der Waals surface area (Å²) in [5.74, 6) is -0.654. The molecular formula is C13H18N2O4S. The van der Waals surface area contributed by atoms with Gasteiger partial charge in [-0.15, -0.1) is 0 Å². The minimum absolute atomic E-state index is 0.0400. The standard InChI is InChI=1S/C13H18N2O4S/c1-9-3-4-12(11(7-9)13(16)19-2)20(17,18)15-10-5-6-14-8-10/h3-4,7,10,14-15H,5-6,8H2,1-2H3. The largest absolute Gasteiger partial charge is 0.465 e. The number of sulfonamides is 1. The average molecular weight is 298 g/mol. The molecule has 0 aliphatic carbocycles. The van der Waals surface area contributed by atoms with E-state index in [0.717, 1.165) is 18.5 Å². The number of aryl methyl sites for hydroxylation is 1. The first-order valence-corrected chi connectivity index (χ1v) is 7.84. The number of carbonyl (C=O) groups is 1. The van der Waals surface area contributed by atoms with E-state index in [-0.39, 0.29) is 16.5 Å². The molecule has 1 aromatic carbocycles. The van der Waals surface area contributed by atoms with E-state index in [9.17, 15) is 13.2 Å². The van der Waals surface area contributed by atoms with E-state index in [1.54, 1.807) is 13.0 Å². The van der Waals surface area contributed by atoms with Crippen LogP contribution in [0.4, 0.5) is 0 Å². The summed E-state index contributed by atoms with van der Waals surface area (Å²) in [6, 6.07) is 4.47. The number of carbonyl (C=O) groups excluding carboxylic acids is 1.